The lowest BCUT2D eigenvalue weighted by atomic mass is 10.0. The average molecular weight is 263 g/mol. The number of hydroxylamine groups is 2. The zero-order valence-corrected chi connectivity index (χ0v) is 11.6. The lowest BCUT2D eigenvalue weighted by molar-refractivity contribution is -0.162. The van der Waals surface area contributed by atoms with Gasteiger partial charge in [0.15, 0.2) is 0 Å². The Labute approximate surface area is 114 Å². The maximum absolute atomic E-state index is 11.5. The van der Waals surface area contributed by atoms with Gasteiger partial charge in [-0.05, 0) is 31.6 Å². The van der Waals surface area contributed by atoms with Crippen LogP contribution in [0.5, 0.6) is 0 Å². The number of hydrogen-bond donors (Lipinski definition) is 0. The van der Waals surface area contributed by atoms with E-state index >= 15 is 0 Å². The lowest BCUT2D eigenvalue weighted by Crippen LogP contribution is -2.31. The first-order valence-corrected chi connectivity index (χ1v) is 6.75. The van der Waals surface area contributed by atoms with Crippen molar-refractivity contribution in [1.29, 1.82) is 0 Å². The minimum Gasteiger partial charge on any atom is -0.300 e. The molecule has 1 aliphatic rings. The number of rotatable bonds is 6. The van der Waals surface area contributed by atoms with Crippen LogP contribution in [-0.4, -0.2) is 47.6 Å². The second-order valence-electron chi connectivity index (χ2n) is 4.74. The molecule has 0 aliphatic carbocycles. The van der Waals surface area contributed by atoms with Crippen LogP contribution in [0.2, 0.25) is 0 Å². The van der Waals surface area contributed by atoms with Crippen molar-refractivity contribution in [2.75, 3.05) is 26.7 Å². The molecule has 19 heavy (non-hydrogen) atoms. The van der Waals surface area contributed by atoms with Gasteiger partial charge >= 0.3 is 0 Å². The Morgan fingerprint density at radius 1 is 1.58 bits per heavy atom. The summed E-state index contributed by atoms with van der Waals surface area (Å²) in [4.78, 5) is 23.3. The Morgan fingerprint density at radius 3 is 3.00 bits per heavy atom. The van der Waals surface area contributed by atoms with E-state index in [-0.39, 0.29) is 11.9 Å². The largest absolute Gasteiger partial charge is 0.300 e. The van der Waals surface area contributed by atoms with Crippen LogP contribution in [0, 0.1) is 0 Å². The van der Waals surface area contributed by atoms with Crippen molar-refractivity contribution in [3.63, 3.8) is 0 Å². The van der Waals surface area contributed by atoms with E-state index in [1.807, 2.05) is 12.3 Å². The van der Waals surface area contributed by atoms with E-state index in [0.717, 1.165) is 13.0 Å². The highest BCUT2D eigenvalue weighted by Crippen LogP contribution is 2.23. The molecule has 1 fully saturated rings. The minimum atomic E-state index is 0.0871. The van der Waals surface area contributed by atoms with Gasteiger partial charge < -0.3 is 0 Å². The van der Waals surface area contributed by atoms with E-state index in [0.29, 0.717) is 19.6 Å². The van der Waals surface area contributed by atoms with Crippen molar-refractivity contribution in [1.82, 2.24) is 14.9 Å². The number of carbonyl (C=O) groups excluding carboxylic acids is 1. The minimum absolute atomic E-state index is 0.0871. The SMILES string of the molecule is CCN(C)C(CCN1OCCC1=O)c1cccnc1. The molecule has 5 heteroatoms. The fraction of sp³-hybridized carbons (Fsp3) is 0.571. The van der Waals surface area contributed by atoms with Crippen molar-refractivity contribution >= 4 is 5.91 Å². The van der Waals surface area contributed by atoms with Gasteiger partial charge in [0.2, 0.25) is 5.91 Å². The summed E-state index contributed by atoms with van der Waals surface area (Å²) in [6.45, 7) is 4.22. The topological polar surface area (TPSA) is 45.7 Å². The van der Waals surface area contributed by atoms with Crippen LogP contribution >= 0.6 is 0 Å². The predicted octanol–water partition coefficient (Wildman–Crippen LogP) is 1.63. The van der Waals surface area contributed by atoms with Crippen LogP contribution in [0.15, 0.2) is 24.5 Å². The standard InChI is InChI=1S/C14H21N3O2/c1-3-16(2)13(12-5-4-8-15-11-12)6-9-17-14(18)7-10-19-17/h4-5,8,11,13H,3,6-7,9-10H2,1-2H3. The van der Waals surface area contributed by atoms with Gasteiger partial charge in [-0.2, -0.15) is 0 Å². The summed E-state index contributed by atoms with van der Waals surface area (Å²) in [5.74, 6) is 0.0871. The summed E-state index contributed by atoms with van der Waals surface area (Å²) in [5.41, 5.74) is 1.18. The lowest BCUT2D eigenvalue weighted by Gasteiger charge is -2.28. The quantitative estimate of drug-likeness (QED) is 0.782. The maximum atomic E-state index is 11.5. The molecule has 0 N–H and O–H groups in total. The molecule has 2 rings (SSSR count). The highest BCUT2D eigenvalue weighted by molar-refractivity contribution is 5.76. The molecule has 0 radical (unpaired) electrons. The predicted molar refractivity (Wildman–Crippen MR) is 72.2 cm³/mol. The third-order valence-corrected chi connectivity index (χ3v) is 3.55. The normalized spacial score (nSPS) is 17.2. The molecule has 1 amide bonds. The Hall–Kier alpha value is -1.46. The molecule has 0 saturated carbocycles. The molecular formula is C14H21N3O2. The summed E-state index contributed by atoms with van der Waals surface area (Å²) in [6.07, 6.45) is 5.02. The van der Waals surface area contributed by atoms with Crippen LogP contribution in [0.4, 0.5) is 0 Å². The van der Waals surface area contributed by atoms with Gasteiger partial charge in [0.05, 0.1) is 19.6 Å². The van der Waals surface area contributed by atoms with E-state index in [1.54, 1.807) is 6.20 Å². The molecule has 1 atom stereocenters. The highest BCUT2D eigenvalue weighted by atomic mass is 16.7. The van der Waals surface area contributed by atoms with E-state index in [4.69, 9.17) is 4.84 Å². The maximum Gasteiger partial charge on any atom is 0.248 e. The van der Waals surface area contributed by atoms with Crippen molar-refractivity contribution in [2.24, 2.45) is 0 Å². The van der Waals surface area contributed by atoms with Crippen molar-refractivity contribution in [3.05, 3.63) is 30.1 Å². The van der Waals surface area contributed by atoms with Gasteiger partial charge in [-0.1, -0.05) is 13.0 Å². The zero-order valence-electron chi connectivity index (χ0n) is 11.6. The summed E-state index contributed by atoms with van der Waals surface area (Å²) in [5, 5.41) is 1.49. The number of amides is 1. The van der Waals surface area contributed by atoms with Crippen molar-refractivity contribution in [3.8, 4) is 0 Å². The Morgan fingerprint density at radius 2 is 2.42 bits per heavy atom. The molecule has 104 valence electrons. The molecule has 1 aromatic heterocycles. The second kappa shape index (κ2) is 6.63. The van der Waals surface area contributed by atoms with Gasteiger partial charge in [0, 0.05) is 18.4 Å². The van der Waals surface area contributed by atoms with Crippen molar-refractivity contribution in [2.45, 2.75) is 25.8 Å². The number of pyridine rings is 1. The van der Waals surface area contributed by atoms with E-state index < -0.39 is 0 Å². The Balaban J connectivity index is 2.00. The third-order valence-electron chi connectivity index (χ3n) is 3.55. The van der Waals surface area contributed by atoms with Gasteiger partial charge in [-0.15, -0.1) is 0 Å². The number of nitrogens with zero attached hydrogens (tertiary/aromatic N) is 3. The van der Waals surface area contributed by atoms with Gasteiger partial charge in [0.25, 0.3) is 0 Å². The summed E-state index contributed by atoms with van der Waals surface area (Å²) in [7, 11) is 2.09. The van der Waals surface area contributed by atoms with Crippen LogP contribution in [0.25, 0.3) is 0 Å². The molecular weight excluding hydrogens is 242 g/mol. The number of hydrogen-bond acceptors (Lipinski definition) is 4. The summed E-state index contributed by atoms with van der Waals surface area (Å²) >= 11 is 0. The van der Waals surface area contributed by atoms with E-state index in [2.05, 4.69) is 29.9 Å². The molecule has 0 aromatic carbocycles. The first kappa shape index (κ1) is 14.0. The van der Waals surface area contributed by atoms with Gasteiger partial charge in [0.1, 0.15) is 0 Å². The third kappa shape index (κ3) is 3.52. The Kier molecular flexibility index (Phi) is 4.87. The summed E-state index contributed by atoms with van der Waals surface area (Å²) in [6, 6.07) is 4.29. The zero-order chi connectivity index (χ0) is 13.7. The molecule has 1 aromatic rings. The molecule has 1 aliphatic heterocycles. The summed E-state index contributed by atoms with van der Waals surface area (Å²) < 4.78 is 0. The molecule has 5 nitrogen and oxygen atoms in total. The molecule has 0 bridgehead atoms. The Bertz CT molecular complexity index is 410. The molecule has 1 unspecified atom stereocenters. The molecule has 0 spiro atoms. The van der Waals surface area contributed by atoms with E-state index in [1.165, 1.54) is 10.6 Å². The average Bonchev–Trinajstić information content (AvgIpc) is 2.85. The molecule has 1 saturated heterocycles. The van der Waals surface area contributed by atoms with Gasteiger partial charge in [-0.25, -0.2) is 5.06 Å². The van der Waals surface area contributed by atoms with E-state index in [9.17, 15) is 4.79 Å². The highest BCUT2D eigenvalue weighted by Gasteiger charge is 2.24. The number of aromatic nitrogens is 1. The van der Waals surface area contributed by atoms with Crippen molar-refractivity contribution < 1.29 is 9.63 Å². The fourth-order valence-corrected chi connectivity index (χ4v) is 2.30. The van der Waals surface area contributed by atoms with Gasteiger partial charge in [-0.3, -0.25) is 19.5 Å². The van der Waals surface area contributed by atoms with Crippen LogP contribution < -0.4 is 0 Å². The smallest absolute Gasteiger partial charge is 0.248 e. The molecule has 2 heterocycles. The first-order chi connectivity index (χ1) is 9.22. The fourth-order valence-electron chi connectivity index (χ4n) is 2.30. The monoisotopic (exact) mass is 263 g/mol. The first-order valence-electron chi connectivity index (χ1n) is 6.75. The number of carbonyl (C=O) groups is 1. The van der Waals surface area contributed by atoms with Crippen LogP contribution in [0.3, 0.4) is 0 Å². The van der Waals surface area contributed by atoms with Crippen LogP contribution in [-0.2, 0) is 9.63 Å². The van der Waals surface area contributed by atoms with Crippen LogP contribution in [0.1, 0.15) is 31.4 Å². The second-order valence-corrected chi connectivity index (χ2v) is 4.74.